The molecular weight excluding hydrogens is 250 g/mol. The normalized spacial score (nSPS) is 13.3. The lowest BCUT2D eigenvalue weighted by molar-refractivity contribution is 0.0629. The molecule has 0 aliphatic heterocycles. The van der Waals surface area contributed by atoms with Gasteiger partial charge in [-0.25, -0.2) is 8.78 Å². The van der Waals surface area contributed by atoms with Crippen molar-refractivity contribution in [3.63, 3.8) is 0 Å². The Morgan fingerprint density at radius 3 is 2.63 bits per heavy atom. The zero-order valence-electron chi connectivity index (χ0n) is 11.7. The van der Waals surface area contributed by atoms with E-state index in [1.54, 1.807) is 0 Å². The number of nitrogens with two attached hydrogens (primary N) is 1. The molecule has 0 saturated carbocycles. The van der Waals surface area contributed by atoms with Gasteiger partial charge in [-0.1, -0.05) is 12.1 Å². The Morgan fingerprint density at radius 2 is 2.00 bits per heavy atom. The fourth-order valence-corrected chi connectivity index (χ4v) is 1.78. The Balaban J connectivity index is 2.50. The van der Waals surface area contributed by atoms with Crippen LogP contribution in [0.25, 0.3) is 0 Å². The average Bonchev–Trinajstić information content (AvgIpc) is 2.31. The van der Waals surface area contributed by atoms with E-state index in [0.717, 1.165) is 6.07 Å². The summed E-state index contributed by atoms with van der Waals surface area (Å²) in [7, 11) is 1.88. The average molecular weight is 272 g/mol. The summed E-state index contributed by atoms with van der Waals surface area (Å²) in [6, 6.07) is 3.52. The molecule has 0 saturated heterocycles. The summed E-state index contributed by atoms with van der Waals surface area (Å²) in [4.78, 5) is 1.94. The molecule has 0 fully saturated rings. The zero-order valence-corrected chi connectivity index (χ0v) is 11.7. The Morgan fingerprint density at radius 1 is 1.32 bits per heavy atom. The highest BCUT2D eigenvalue weighted by Crippen LogP contribution is 2.18. The summed E-state index contributed by atoms with van der Waals surface area (Å²) in [5, 5.41) is 0. The molecule has 108 valence electrons. The van der Waals surface area contributed by atoms with Crippen LogP contribution < -0.4 is 5.73 Å². The predicted octanol–water partition coefficient (Wildman–Crippen LogP) is 2.32. The van der Waals surface area contributed by atoms with Crippen molar-refractivity contribution in [2.45, 2.75) is 26.0 Å². The van der Waals surface area contributed by atoms with Gasteiger partial charge in [-0.3, -0.25) is 0 Å². The maximum Gasteiger partial charge on any atom is 0.163 e. The van der Waals surface area contributed by atoms with Crippen LogP contribution in [0.15, 0.2) is 18.2 Å². The van der Waals surface area contributed by atoms with Crippen LogP contribution >= 0.6 is 0 Å². The molecule has 0 aliphatic rings. The Hall–Kier alpha value is -1.04. The molecule has 0 heterocycles. The molecule has 0 bridgehead atoms. The van der Waals surface area contributed by atoms with Gasteiger partial charge in [-0.2, -0.15) is 0 Å². The van der Waals surface area contributed by atoms with Crippen molar-refractivity contribution in [1.82, 2.24) is 4.90 Å². The largest absolute Gasteiger partial charge is 0.377 e. The van der Waals surface area contributed by atoms with Crippen LogP contribution in [-0.2, 0) is 4.74 Å². The van der Waals surface area contributed by atoms with E-state index in [4.69, 9.17) is 10.5 Å². The third-order valence-electron chi connectivity index (χ3n) is 2.81. The van der Waals surface area contributed by atoms with E-state index >= 15 is 0 Å². The number of ether oxygens (including phenoxy) is 1. The van der Waals surface area contributed by atoms with E-state index in [9.17, 15) is 8.78 Å². The number of hydrogen-bond acceptors (Lipinski definition) is 3. The summed E-state index contributed by atoms with van der Waals surface area (Å²) in [6.07, 6.45) is 0.183. The van der Waals surface area contributed by atoms with Gasteiger partial charge >= 0.3 is 0 Å². The minimum atomic E-state index is -0.862. The van der Waals surface area contributed by atoms with Gasteiger partial charge in [0.25, 0.3) is 0 Å². The monoisotopic (exact) mass is 272 g/mol. The molecular formula is C14H22F2N2O. The second-order valence-corrected chi connectivity index (χ2v) is 4.93. The van der Waals surface area contributed by atoms with E-state index in [0.29, 0.717) is 19.7 Å². The van der Waals surface area contributed by atoms with Gasteiger partial charge in [0.1, 0.15) is 0 Å². The molecule has 19 heavy (non-hydrogen) atoms. The molecule has 2 N–H and O–H groups in total. The Kier molecular flexibility index (Phi) is 6.34. The molecule has 1 unspecified atom stereocenters. The van der Waals surface area contributed by atoms with Crippen LogP contribution in [0, 0.1) is 11.6 Å². The molecule has 3 nitrogen and oxygen atoms in total. The van der Waals surface area contributed by atoms with Crippen molar-refractivity contribution in [3.8, 4) is 0 Å². The molecule has 1 atom stereocenters. The summed E-state index contributed by atoms with van der Waals surface area (Å²) in [5.41, 5.74) is 6.11. The maximum absolute atomic E-state index is 13.6. The van der Waals surface area contributed by atoms with E-state index in [2.05, 4.69) is 0 Å². The van der Waals surface area contributed by atoms with Gasteiger partial charge < -0.3 is 15.4 Å². The smallest absolute Gasteiger partial charge is 0.163 e. The third kappa shape index (κ3) is 5.22. The van der Waals surface area contributed by atoms with E-state index in [1.807, 2.05) is 25.8 Å². The molecule has 0 radical (unpaired) electrons. The number of hydrogen-bond donors (Lipinski definition) is 1. The first kappa shape index (κ1) is 16.0. The fourth-order valence-electron chi connectivity index (χ4n) is 1.78. The van der Waals surface area contributed by atoms with Crippen LogP contribution in [0.1, 0.15) is 25.5 Å². The van der Waals surface area contributed by atoms with E-state index < -0.39 is 17.7 Å². The Bertz CT molecular complexity index is 399. The number of benzene rings is 1. The van der Waals surface area contributed by atoms with Gasteiger partial charge in [-0.05, 0) is 27.0 Å². The number of halogens is 2. The van der Waals surface area contributed by atoms with Gasteiger partial charge in [0.05, 0.1) is 12.7 Å². The first-order valence-corrected chi connectivity index (χ1v) is 6.41. The van der Waals surface area contributed by atoms with Gasteiger partial charge in [0.2, 0.25) is 0 Å². The summed E-state index contributed by atoms with van der Waals surface area (Å²) < 4.78 is 32.1. The summed E-state index contributed by atoms with van der Waals surface area (Å²) >= 11 is 0. The van der Waals surface area contributed by atoms with Crippen molar-refractivity contribution >= 4 is 0 Å². The molecule has 0 spiro atoms. The van der Waals surface area contributed by atoms with Gasteiger partial charge in [0.15, 0.2) is 11.6 Å². The zero-order chi connectivity index (χ0) is 14.4. The standard InChI is InChI=1S/C14H22F2N2O/c1-10(2)19-8-7-18(3)9-13(17)11-5-4-6-12(15)14(11)16/h4-6,10,13H,7-9,17H2,1-3H3. The minimum Gasteiger partial charge on any atom is -0.377 e. The first-order valence-electron chi connectivity index (χ1n) is 6.41. The Labute approximate surface area is 113 Å². The number of rotatable bonds is 7. The van der Waals surface area contributed by atoms with Crippen LogP contribution in [0.3, 0.4) is 0 Å². The molecule has 1 rings (SSSR count). The van der Waals surface area contributed by atoms with Gasteiger partial charge in [-0.15, -0.1) is 0 Å². The van der Waals surface area contributed by atoms with Crippen molar-refractivity contribution in [1.29, 1.82) is 0 Å². The maximum atomic E-state index is 13.6. The van der Waals surface area contributed by atoms with Gasteiger partial charge in [0, 0.05) is 24.7 Å². The van der Waals surface area contributed by atoms with Crippen LogP contribution in [0.2, 0.25) is 0 Å². The molecule has 0 aromatic heterocycles. The summed E-state index contributed by atoms with van der Waals surface area (Å²) in [5.74, 6) is -1.72. The van der Waals surface area contributed by atoms with Crippen LogP contribution in [0.5, 0.6) is 0 Å². The molecule has 1 aromatic carbocycles. The minimum absolute atomic E-state index is 0.183. The van der Waals surface area contributed by atoms with Crippen LogP contribution in [0.4, 0.5) is 8.78 Å². The predicted molar refractivity (Wildman–Crippen MR) is 71.9 cm³/mol. The quantitative estimate of drug-likeness (QED) is 0.828. The number of likely N-dealkylation sites (N-methyl/N-ethyl adjacent to an activating group) is 1. The highest BCUT2D eigenvalue weighted by atomic mass is 19.2. The van der Waals surface area contributed by atoms with Crippen LogP contribution in [-0.4, -0.2) is 37.7 Å². The van der Waals surface area contributed by atoms with E-state index in [1.165, 1.54) is 12.1 Å². The topological polar surface area (TPSA) is 38.5 Å². The van der Waals surface area contributed by atoms with Crippen molar-refractivity contribution < 1.29 is 13.5 Å². The lowest BCUT2D eigenvalue weighted by Crippen LogP contribution is -2.32. The second kappa shape index (κ2) is 7.53. The fraction of sp³-hybridized carbons (Fsp3) is 0.571. The van der Waals surface area contributed by atoms with Crippen molar-refractivity contribution in [3.05, 3.63) is 35.4 Å². The molecule has 5 heteroatoms. The second-order valence-electron chi connectivity index (χ2n) is 4.93. The first-order chi connectivity index (χ1) is 8.91. The lowest BCUT2D eigenvalue weighted by atomic mass is 10.1. The third-order valence-corrected chi connectivity index (χ3v) is 2.81. The summed E-state index contributed by atoms with van der Waals surface area (Å²) in [6.45, 7) is 5.67. The van der Waals surface area contributed by atoms with Crippen molar-refractivity contribution in [2.75, 3.05) is 26.7 Å². The lowest BCUT2D eigenvalue weighted by Gasteiger charge is -2.22. The number of nitrogens with zero attached hydrogens (tertiary/aromatic N) is 1. The molecule has 0 aliphatic carbocycles. The molecule has 0 amide bonds. The highest BCUT2D eigenvalue weighted by molar-refractivity contribution is 5.22. The highest BCUT2D eigenvalue weighted by Gasteiger charge is 2.16. The van der Waals surface area contributed by atoms with Crippen molar-refractivity contribution in [2.24, 2.45) is 5.73 Å². The SMILES string of the molecule is CC(C)OCCN(C)CC(N)c1cccc(F)c1F. The van der Waals surface area contributed by atoms with E-state index in [-0.39, 0.29) is 11.7 Å². The molecule has 1 aromatic rings.